The standard InChI is InChI=1S/C11H21BO2/c1-6-7-8-9-12-13-10(2,3)11(4,5)14-12/h6H,1,7-9H2,2-5H3. The lowest BCUT2D eigenvalue weighted by molar-refractivity contribution is 0.00578. The SMILES string of the molecule is C=CCCCB1OC(C)(C)C(C)(C)O1. The Morgan fingerprint density at radius 3 is 2.07 bits per heavy atom. The van der Waals surface area contributed by atoms with E-state index in [0.717, 1.165) is 19.2 Å². The average Bonchev–Trinajstić information content (AvgIpc) is 2.21. The van der Waals surface area contributed by atoms with Crippen LogP contribution in [-0.2, 0) is 9.31 Å². The lowest BCUT2D eigenvalue weighted by atomic mass is 9.82. The first-order valence-corrected chi connectivity index (χ1v) is 5.35. The molecule has 0 atom stereocenters. The quantitative estimate of drug-likeness (QED) is 0.391. The zero-order chi connectivity index (χ0) is 10.8. The second-order valence-electron chi connectivity index (χ2n) is 4.91. The highest BCUT2D eigenvalue weighted by atomic mass is 16.7. The van der Waals surface area contributed by atoms with Crippen LogP contribution in [0.2, 0.25) is 6.32 Å². The van der Waals surface area contributed by atoms with Gasteiger partial charge in [0.15, 0.2) is 0 Å². The van der Waals surface area contributed by atoms with Gasteiger partial charge in [-0.15, -0.1) is 6.58 Å². The summed E-state index contributed by atoms with van der Waals surface area (Å²) in [6.07, 6.45) is 5.01. The highest BCUT2D eigenvalue weighted by Crippen LogP contribution is 2.37. The fraction of sp³-hybridized carbons (Fsp3) is 0.818. The minimum atomic E-state index is -0.189. The molecule has 2 nitrogen and oxygen atoms in total. The fourth-order valence-electron chi connectivity index (χ4n) is 1.51. The molecule has 0 radical (unpaired) electrons. The van der Waals surface area contributed by atoms with Crippen molar-refractivity contribution in [2.24, 2.45) is 0 Å². The van der Waals surface area contributed by atoms with Crippen LogP contribution in [0.1, 0.15) is 40.5 Å². The molecule has 1 aliphatic heterocycles. The van der Waals surface area contributed by atoms with Crippen molar-refractivity contribution in [3.8, 4) is 0 Å². The summed E-state index contributed by atoms with van der Waals surface area (Å²) in [5.41, 5.74) is -0.377. The average molecular weight is 196 g/mol. The van der Waals surface area contributed by atoms with Crippen molar-refractivity contribution in [3.05, 3.63) is 12.7 Å². The molecule has 1 rings (SSSR count). The zero-order valence-corrected chi connectivity index (χ0v) is 9.80. The molecule has 0 bridgehead atoms. The molecule has 1 aliphatic rings. The highest BCUT2D eigenvalue weighted by Gasteiger charge is 2.50. The molecule has 0 amide bonds. The zero-order valence-electron chi connectivity index (χ0n) is 9.80. The molecular weight excluding hydrogens is 175 g/mol. The molecule has 0 aliphatic carbocycles. The Morgan fingerprint density at radius 2 is 1.64 bits per heavy atom. The van der Waals surface area contributed by atoms with Crippen molar-refractivity contribution in [3.63, 3.8) is 0 Å². The molecule has 0 aromatic heterocycles. The predicted molar refractivity (Wildman–Crippen MR) is 60.3 cm³/mol. The molecule has 3 heteroatoms. The van der Waals surface area contributed by atoms with E-state index in [1.54, 1.807) is 0 Å². The summed E-state index contributed by atoms with van der Waals surface area (Å²) in [5, 5.41) is 0. The van der Waals surface area contributed by atoms with Crippen LogP contribution in [0.3, 0.4) is 0 Å². The molecule has 0 spiro atoms. The summed E-state index contributed by atoms with van der Waals surface area (Å²) in [6.45, 7) is 12.0. The Kier molecular flexibility index (Phi) is 3.43. The third-order valence-corrected chi connectivity index (χ3v) is 3.15. The van der Waals surface area contributed by atoms with Gasteiger partial charge in [-0.1, -0.05) is 12.5 Å². The maximum Gasteiger partial charge on any atom is 0.457 e. The Labute approximate surface area is 87.8 Å². The largest absolute Gasteiger partial charge is 0.457 e. The van der Waals surface area contributed by atoms with E-state index in [0.29, 0.717) is 0 Å². The molecule has 0 unspecified atom stereocenters. The van der Waals surface area contributed by atoms with Gasteiger partial charge in [-0.25, -0.2) is 0 Å². The van der Waals surface area contributed by atoms with E-state index in [2.05, 4.69) is 34.3 Å². The van der Waals surface area contributed by atoms with E-state index in [-0.39, 0.29) is 18.3 Å². The third-order valence-electron chi connectivity index (χ3n) is 3.15. The third kappa shape index (κ3) is 2.40. The lowest BCUT2D eigenvalue weighted by Gasteiger charge is -2.32. The van der Waals surface area contributed by atoms with E-state index >= 15 is 0 Å². The first-order valence-electron chi connectivity index (χ1n) is 5.35. The van der Waals surface area contributed by atoms with Crippen LogP contribution in [0.5, 0.6) is 0 Å². The first-order chi connectivity index (χ1) is 6.39. The predicted octanol–water partition coefficient (Wildman–Crippen LogP) is 3.04. The van der Waals surface area contributed by atoms with Gasteiger partial charge >= 0.3 is 7.12 Å². The molecule has 0 saturated carbocycles. The van der Waals surface area contributed by atoms with Crippen LogP contribution in [-0.4, -0.2) is 18.3 Å². The fourth-order valence-corrected chi connectivity index (χ4v) is 1.51. The van der Waals surface area contributed by atoms with Crippen molar-refractivity contribution in [2.45, 2.75) is 58.1 Å². The van der Waals surface area contributed by atoms with Crippen molar-refractivity contribution < 1.29 is 9.31 Å². The van der Waals surface area contributed by atoms with Crippen molar-refractivity contribution in [1.29, 1.82) is 0 Å². The highest BCUT2D eigenvalue weighted by molar-refractivity contribution is 6.45. The van der Waals surface area contributed by atoms with Crippen LogP contribution in [0.25, 0.3) is 0 Å². The van der Waals surface area contributed by atoms with Crippen LogP contribution in [0.15, 0.2) is 12.7 Å². The van der Waals surface area contributed by atoms with Crippen LogP contribution >= 0.6 is 0 Å². The van der Waals surface area contributed by atoms with Crippen molar-refractivity contribution >= 4 is 7.12 Å². The smallest absolute Gasteiger partial charge is 0.403 e. The summed E-state index contributed by atoms with van der Waals surface area (Å²) >= 11 is 0. The van der Waals surface area contributed by atoms with E-state index in [1.165, 1.54) is 0 Å². The maximum atomic E-state index is 5.85. The molecule has 1 heterocycles. The first kappa shape index (κ1) is 11.8. The maximum absolute atomic E-state index is 5.85. The Bertz CT molecular complexity index is 195. The minimum Gasteiger partial charge on any atom is -0.403 e. The van der Waals surface area contributed by atoms with Crippen LogP contribution in [0.4, 0.5) is 0 Å². The van der Waals surface area contributed by atoms with E-state index in [9.17, 15) is 0 Å². The van der Waals surface area contributed by atoms with Gasteiger partial charge in [-0.05, 0) is 40.4 Å². The molecule has 0 aromatic rings. The van der Waals surface area contributed by atoms with E-state index < -0.39 is 0 Å². The molecule has 0 N–H and O–H groups in total. The summed E-state index contributed by atoms with van der Waals surface area (Å²) in [5.74, 6) is 0. The van der Waals surface area contributed by atoms with Gasteiger partial charge in [0.2, 0.25) is 0 Å². The van der Waals surface area contributed by atoms with Crippen LogP contribution < -0.4 is 0 Å². The molecule has 1 fully saturated rings. The van der Waals surface area contributed by atoms with Crippen molar-refractivity contribution in [2.75, 3.05) is 0 Å². The van der Waals surface area contributed by atoms with Gasteiger partial charge in [-0.2, -0.15) is 0 Å². The second-order valence-corrected chi connectivity index (χ2v) is 4.91. The number of unbranched alkanes of at least 4 members (excludes halogenated alkanes) is 1. The number of allylic oxidation sites excluding steroid dienone is 1. The van der Waals surface area contributed by atoms with E-state index in [4.69, 9.17) is 9.31 Å². The number of hydrogen-bond acceptors (Lipinski definition) is 2. The van der Waals surface area contributed by atoms with Gasteiger partial charge in [0, 0.05) is 0 Å². The normalized spacial score (nSPS) is 23.9. The number of hydrogen-bond donors (Lipinski definition) is 0. The van der Waals surface area contributed by atoms with Gasteiger partial charge in [0.1, 0.15) is 0 Å². The summed E-state index contributed by atoms with van der Waals surface area (Å²) in [6, 6.07) is 0. The second kappa shape index (κ2) is 4.07. The molecule has 14 heavy (non-hydrogen) atoms. The Balaban J connectivity index is 2.43. The van der Waals surface area contributed by atoms with Gasteiger partial charge < -0.3 is 9.31 Å². The molecule has 0 aromatic carbocycles. The summed E-state index contributed by atoms with van der Waals surface area (Å²) in [4.78, 5) is 0. The van der Waals surface area contributed by atoms with E-state index in [1.807, 2.05) is 6.08 Å². The summed E-state index contributed by atoms with van der Waals surface area (Å²) in [7, 11) is -0.0417. The lowest BCUT2D eigenvalue weighted by Crippen LogP contribution is -2.41. The summed E-state index contributed by atoms with van der Waals surface area (Å²) < 4.78 is 11.7. The van der Waals surface area contributed by atoms with Gasteiger partial charge in [-0.3, -0.25) is 0 Å². The van der Waals surface area contributed by atoms with Crippen LogP contribution in [0, 0.1) is 0 Å². The van der Waals surface area contributed by atoms with Crippen molar-refractivity contribution in [1.82, 2.24) is 0 Å². The Hall–Kier alpha value is -0.275. The van der Waals surface area contributed by atoms with Gasteiger partial charge in [0.05, 0.1) is 11.2 Å². The topological polar surface area (TPSA) is 18.5 Å². The molecule has 1 saturated heterocycles. The minimum absolute atomic E-state index is 0.0417. The number of rotatable bonds is 4. The van der Waals surface area contributed by atoms with Gasteiger partial charge in [0.25, 0.3) is 0 Å². The Morgan fingerprint density at radius 1 is 1.14 bits per heavy atom. The monoisotopic (exact) mass is 196 g/mol. The molecule has 80 valence electrons. The molecular formula is C11H21BO2.